The van der Waals surface area contributed by atoms with E-state index in [-0.39, 0.29) is 11.9 Å². The minimum absolute atomic E-state index is 0.222. The molecule has 2 rings (SSSR count). The van der Waals surface area contributed by atoms with Crippen LogP contribution in [-0.4, -0.2) is 41.8 Å². The normalized spacial score (nSPS) is 20.0. The van der Waals surface area contributed by atoms with Gasteiger partial charge in [0.1, 0.15) is 5.82 Å². The van der Waals surface area contributed by atoms with Gasteiger partial charge >= 0.3 is 5.97 Å². The number of rotatable bonds is 5. The highest BCUT2D eigenvalue weighted by atomic mass is 19.1. The van der Waals surface area contributed by atoms with Crippen molar-refractivity contribution in [3.8, 4) is 0 Å². The summed E-state index contributed by atoms with van der Waals surface area (Å²) in [5, 5.41) is 8.56. The minimum Gasteiger partial charge on any atom is -0.478 e. The summed E-state index contributed by atoms with van der Waals surface area (Å²) < 4.78 is 19.7. The van der Waals surface area contributed by atoms with E-state index in [9.17, 15) is 9.18 Å². The smallest absolute Gasteiger partial charge is 0.328 e. The van der Waals surface area contributed by atoms with Crippen molar-refractivity contribution in [2.24, 2.45) is 0 Å². The molecule has 1 N–H and O–H groups in total. The highest BCUT2D eigenvalue weighted by Crippen LogP contribution is 2.16. The third kappa shape index (κ3) is 4.65. The van der Waals surface area contributed by atoms with E-state index < -0.39 is 5.97 Å². The number of benzene rings is 1. The highest BCUT2D eigenvalue weighted by Gasteiger charge is 2.19. The average molecular weight is 293 g/mol. The van der Waals surface area contributed by atoms with E-state index in [2.05, 4.69) is 11.8 Å². The zero-order chi connectivity index (χ0) is 15.2. The molecule has 1 aliphatic heterocycles. The molecule has 1 aliphatic rings. The van der Waals surface area contributed by atoms with Gasteiger partial charge < -0.3 is 9.84 Å². The molecule has 5 heteroatoms. The van der Waals surface area contributed by atoms with Gasteiger partial charge in [-0.3, -0.25) is 4.90 Å². The molecule has 1 atom stereocenters. The number of carbonyl (C=O) groups is 1. The molecule has 0 spiro atoms. The van der Waals surface area contributed by atoms with E-state index in [1.54, 1.807) is 12.1 Å². The Kier molecular flexibility index (Phi) is 5.47. The zero-order valence-electron chi connectivity index (χ0n) is 12.1. The Morgan fingerprint density at radius 1 is 1.57 bits per heavy atom. The van der Waals surface area contributed by atoms with E-state index in [0.717, 1.165) is 25.6 Å². The van der Waals surface area contributed by atoms with Crippen LogP contribution in [0.25, 0.3) is 6.08 Å². The SMILES string of the molecule is CCC1CN(Cc2ccc(C=CC(=O)O)cc2F)CCO1. The lowest BCUT2D eigenvalue weighted by molar-refractivity contribution is -0.131. The second kappa shape index (κ2) is 7.33. The van der Waals surface area contributed by atoms with E-state index in [1.165, 1.54) is 12.1 Å². The molecule has 4 nitrogen and oxygen atoms in total. The van der Waals surface area contributed by atoms with Gasteiger partial charge in [-0.2, -0.15) is 0 Å². The van der Waals surface area contributed by atoms with E-state index in [1.807, 2.05) is 0 Å². The van der Waals surface area contributed by atoms with Crippen molar-refractivity contribution in [1.29, 1.82) is 0 Å². The fourth-order valence-corrected chi connectivity index (χ4v) is 2.37. The lowest BCUT2D eigenvalue weighted by Crippen LogP contribution is -2.41. The maximum Gasteiger partial charge on any atom is 0.328 e. The van der Waals surface area contributed by atoms with Crippen LogP contribution in [0.1, 0.15) is 24.5 Å². The van der Waals surface area contributed by atoms with E-state index in [0.29, 0.717) is 24.3 Å². The predicted molar refractivity (Wildman–Crippen MR) is 78.4 cm³/mol. The first-order chi connectivity index (χ1) is 10.1. The molecule has 1 saturated heterocycles. The molecule has 0 radical (unpaired) electrons. The first-order valence-electron chi connectivity index (χ1n) is 7.12. The number of carboxylic acid groups (broad SMARTS) is 1. The van der Waals surface area contributed by atoms with Gasteiger partial charge in [0.05, 0.1) is 12.7 Å². The third-order valence-electron chi connectivity index (χ3n) is 3.57. The van der Waals surface area contributed by atoms with Gasteiger partial charge in [0.2, 0.25) is 0 Å². The highest BCUT2D eigenvalue weighted by molar-refractivity contribution is 5.85. The molecule has 114 valence electrons. The van der Waals surface area contributed by atoms with Crippen molar-refractivity contribution in [3.63, 3.8) is 0 Å². The van der Waals surface area contributed by atoms with Crippen LogP contribution in [-0.2, 0) is 16.1 Å². The Morgan fingerprint density at radius 2 is 2.38 bits per heavy atom. The summed E-state index contributed by atoms with van der Waals surface area (Å²) in [6.45, 7) is 4.93. The van der Waals surface area contributed by atoms with E-state index in [4.69, 9.17) is 9.84 Å². The summed E-state index contributed by atoms with van der Waals surface area (Å²) in [5.41, 5.74) is 1.17. The number of ether oxygens (including phenoxy) is 1. The lowest BCUT2D eigenvalue weighted by Gasteiger charge is -2.32. The van der Waals surface area contributed by atoms with Crippen molar-refractivity contribution >= 4 is 12.0 Å². The molecule has 0 saturated carbocycles. The molecule has 1 fully saturated rings. The number of hydrogen-bond donors (Lipinski definition) is 1. The van der Waals surface area contributed by atoms with Crippen molar-refractivity contribution in [1.82, 2.24) is 4.90 Å². The van der Waals surface area contributed by atoms with Crippen molar-refractivity contribution in [2.75, 3.05) is 19.7 Å². The number of morpholine rings is 1. The van der Waals surface area contributed by atoms with Gasteiger partial charge in [0.25, 0.3) is 0 Å². The van der Waals surface area contributed by atoms with Crippen LogP contribution in [0.15, 0.2) is 24.3 Å². The Morgan fingerprint density at radius 3 is 3.05 bits per heavy atom. The molecule has 0 aliphatic carbocycles. The second-order valence-electron chi connectivity index (χ2n) is 5.16. The molecule has 1 aromatic rings. The van der Waals surface area contributed by atoms with E-state index >= 15 is 0 Å². The number of carboxylic acids is 1. The Balaban J connectivity index is 2.02. The first kappa shape index (κ1) is 15.7. The predicted octanol–water partition coefficient (Wildman–Crippen LogP) is 2.53. The lowest BCUT2D eigenvalue weighted by atomic mass is 10.1. The Labute approximate surface area is 123 Å². The van der Waals surface area contributed by atoms with Gasteiger partial charge in [-0.05, 0) is 24.1 Å². The van der Waals surface area contributed by atoms with Crippen molar-refractivity contribution in [2.45, 2.75) is 26.0 Å². The molecule has 0 aromatic heterocycles. The Hall–Kier alpha value is -1.72. The fourth-order valence-electron chi connectivity index (χ4n) is 2.37. The number of aliphatic carboxylic acids is 1. The van der Waals surface area contributed by atoms with Crippen molar-refractivity contribution in [3.05, 3.63) is 41.2 Å². The van der Waals surface area contributed by atoms with Gasteiger partial charge in [0, 0.05) is 31.3 Å². The quantitative estimate of drug-likeness (QED) is 0.848. The standard InChI is InChI=1S/C16H20FNO3/c1-2-14-11-18(7-8-21-14)10-13-5-3-12(9-15(13)17)4-6-16(19)20/h3-6,9,14H,2,7-8,10-11H2,1H3,(H,19,20). The molecule has 1 aromatic carbocycles. The number of hydrogen-bond acceptors (Lipinski definition) is 3. The molecular weight excluding hydrogens is 273 g/mol. The molecular formula is C16H20FNO3. The summed E-state index contributed by atoms with van der Waals surface area (Å²) in [4.78, 5) is 12.6. The van der Waals surface area contributed by atoms with Crippen LogP contribution in [0.3, 0.4) is 0 Å². The van der Waals surface area contributed by atoms with Crippen molar-refractivity contribution < 1.29 is 19.0 Å². The van der Waals surface area contributed by atoms with Gasteiger partial charge in [-0.25, -0.2) is 9.18 Å². The van der Waals surface area contributed by atoms with Gasteiger partial charge in [-0.15, -0.1) is 0 Å². The Bertz CT molecular complexity index is 530. The maximum absolute atomic E-state index is 14.1. The second-order valence-corrected chi connectivity index (χ2v) is 5.16. The summed E-state index contributed by atoms with van der Waals surface area (Å²) in [6, 6.07) is 4.81. The van der Waals surface area contributed by atoms with Crippen LogP contribution >= 0.6 is 0 Å². The fraction of sp³-hybridized carbons (Fsp3) is 0.438. The first-order valence-corrected chi connectivity index (χ1v) is 7.12. The monoisotopic (exact) mass is 293 g/mol. The summed E-state index contributed by atoms with van der Waals surface area (Å²) >= 11 is 0. The summed E-state index contributed by atoms with van der Waals surface area (Å²) in [5.74, 6) is -1.35. The van der Waals surface area contributed by atoms with Crippen LogP contribution in [0.2, 0.25) is 0 Å². The van der Waals surface area contributed by atoms with Crippen LogP contribution < -0.4 is 0 Å². The molecule has 21 heavy (non-hydrogen) atoms. The minimum atomic E-state index is -1.04. The number of nitrogens with zero attached hydrogens (tertiary/aromatic N) is 1. The maximum atomic E-state index is 14.1. The summed E-state index contributed by atoms with van der Waals surface area (Å²) in [6.07, 6.45) is 3.57. The average Bonchev–Trinajstić information content (AvgIpc) is 2.48. The molecule has 1 heterocycles. The topological polar surface area (TPSA) is 49.8 Å². The third-order valence-corrected chi connectivity index (χ3v) is 3.57. The van der Waals surface area contributed by atoms with Crippen LogP contribution in [0.4, 0.5) is 4.39 Å². The van der Waals surface area contributed by atoms with Gasteiger partial charge in [0.15, 0.2) is 0 Å². The zero-order valence-corrected chi connectivity index (χ0v) is 12.1. The number of halogens is 1. The molecule has 1 unspecified atom stereocenters. The molecule has 0 bridgehead atoms. The molecule has 0 amide bonds. The summed E-state index contributed by atoms with van der Waals surface area (Å²) in [7, 11) is 0. The van der Waals surface area contributed by atoms with Gasteiger partial charge in [-0.1, -0.05) is 19.1 Å². The largest absolute Gasteiger partial charge is 0.478 e. The van der Waals surface area contributed by atoms with Crippen LogP contribution in [0.5, 0.6) is 0 Å². The van der Waals surface area contributed by atoms with Crippen LogP contribution in [0, 0.1) is 5.82 Å².